The summed E-state index contributed by atoms with van der Waals surface area (Å²) >= 11 is 0. The number of nitrogens with zero attached hydrogens (tertiary/aromatic N) is 2. The first-order valence-corrected chi connectivity index (χ1v) is 13.4. The molecule has 0 spiro atoms. The highest BCUT2D eigenvalue weighted by atomic mass is 19.4. The first kappa shape index (κ1) is 30.5. The number of morpholine rings is 1. The van der Waals surface area contributed by atoms with E-state index in [2.05, 4.69) is 20.9 Å². The Balaban J connectivity index is 1.66. The summed E-state index contributed by atoms with van der Waals surface area (Å²) in [5.74, 6) is -0.510. The molecule has 1 aliphatic heterocycles. The number of alkyl halides is 3. The lowest BCUT2D eigenvalue weighted by molar-refractivity contribution is -0.161. The Kier molecular flexibility index (Phi) is 10.8. The van der Waals surface area contributed by atoms with E-state index in [1.165, 1.54) is 7.05 Å². The number of aryl methyl sites for hydroxylation is 1. The van der Waals surface area contributed by atoms with E-state index >= 15 is 0 Å². The van der Waals surface area contributed by atoms with Gasteiger partial charge in [-0.05, 0) is 48.6 Å². The predicted octanol–water partition coefficient (Wildman–Crippen LogP) is 3.84. The normalized spacial score (nSPS) is 16.6. The van der Waals surface area contributed by atoms with Gasteiger partial charge in [0.05, 0.1) is 19.3 Å². The summed E-state index contributed by atoms with van der Waals surface area (Å²) in [5.41, 5.74) is 1.47. The number of pyridine rings is 1. The topological polar surface area (TPSA) is 87.6 Å². The molecule has 8 nitrogen and oxygen atoms in total. The van der Waals surface area contributed by atoms with E-state index in [9.17, 15) is 22.8 Å². The van der Waals surface area contributed by atoms with Crippen molar-refractivity contribution in [2.45, 2.75) is 57.9 Å². The first-order valence-electron chi connectivity index (χ1n) is 13.4. The Labute approximate surface area is 227 Å². The van der Waals surface area contributed by atoms with Crippen molar-refractivity contribution in [1.29, 1.82) is 0 Å². The fraction of sp³-hybridized carbons (Fsp3) is 0.571. The quantitative estimate of drug-likeness (QED) is 0.372. The molecule has 2 heterocycles. The van der Waals surface area contributed by atoms with Crippen LogP contribution < -0.4 is 26.4 Å². The van der Waals surface area contributed by atoms with Gasteiger partial charge in [0.25, 0.3) is 0 Å². The van der Waals surface area contributed by atoms with E-state index in [1.807, 2.05) is 45.0 Å². The van der Waals surface area contributed by atoms with Crippen LogP contribution in [-0.2, 0) is 16.6 Å². The maximum Gasteiger partial charge on any atom is 0.407 e. The SMILES string of the molecule is CC[C@@H](CNc1ccc(N2CCOCC2)cc1)NC(=O)[C@H](CC(C)C)N[C@@H](c1ccc(=O)n(C)c1)C(F)(F)F. The van der Waals surface area contributed by atoms with Gasteiger partial charge in [-0.1, -0.05) is 26.8 Å². The standard InChI is InChI=1S/C28H40F3N5O3/c1-5-21(17-32-22-7-9-23(10-8-22)36-12-14-39-15-13-36)33-27(38)24(16-19(2)3)34-26(28(29,30)31)20-6-11-25(37)35(4)18-20/h6-11,18-19,21,24,26,32,34H,5,12-17H2,1-4H3,(H,33,38)/t21-,24-,26-/m0/s1. The first-order chi connectivity index (χ1) is 18.5. The molecule has 1 aliphatic rings. The fourth-order valence-corrected chi connectivity index (χ4v) is 4.54. The molecule has 3 rings (SSSR count). The van der Waals surface area contributed by atoms with Crippen LogP contribution in [0.4, 0.5) is 24.5 Å². The Bertz CT molecular complexity index is 1110. The minimum atomic E-state index is -4.66. The highest BCUT2D eigenvalue weighted by molar-refractivity contribution is 5.82. The average Bonchev–Trinajstić information content (AvgIpc) is 2.90. The molecule has 0 bridgehead atoms. The predicted molar refractivity (Wildman–Crippen MR) is 147 cm³/mol. The van der Waals surface area contributed by atoms with Crippen LogP contribution in [-0.4, -0.2) is 61.6 Å². The van der Waals surface area contributed by atoms with Gasteiger partial charge in [0, 0.05) is 56.4 Å². The molecule has 3 atom stereocenters. The Morgan fingerprint density at radius 1 is 1.08 bits per heavy atom. The summed E-state index contributed by atoms with van der Waals surface area (Å²) in [6, 6.07) is 6.82. The summed E-state index contributed by atoms with van der Waals surface area (Å²) in [5, 5.41) is 8.79. The van der Waals surface area contributed by atoms with Crippen LogP contribution >= 0.6 is 0 Å². The molecular formula is C28H40F3N5O3. The fourth-order valence-electron chi connectivity index (χ4n) is 4.54. The van der Waals surface area contributed by atoms with Gasteiger partial charge in [-0.15, -0.1) is 0 Å². The summed E-state index contributed by atoms with van der Waals surface area (Å²) in [4.78, 5) is 27.2. The summed E-state index contributed by atoms with van der Waals surface area (Å²) in [6.07, 6.45) is -2.69. The van der Waals surface area contributed by atoms with Crippen molar-refractivity contribution in [3.05, 3.63) is 58.5 Å². The second kappa shape index (κ2) is 13.8. The van der Waals surface area contributed by atoms with Gasteiger partial charge >= 0.3 is 6.18 Å². The molecule has 0 aliphatic carbocycles. The van der Waals surface area contributed by atoms with E-state index in [0.29, 0.717) is 26.2 Å². The number of hydrogen-bond donors (Lipinski definition) is 3. The van der Waals surface area contributed by atoms with Crippen molar-refractivity contribution >= 4 is 17.3 Å². The molecule has 0 unspecified atom stereocenters. The number of ether oxygens (including phenoxy) is 1. The molecule has 39 heavy (non-hydrogen) atoms. The van der Waals surface area contributed by atoms with Gasteiger partial charge in [0.2, 0.25) is 11.5 Å². The molecule has 2 aromatic rings. The van der Waals surface area contributed by atoms with Gasteiger partial charge in [0.15, 0.2) is 0 Å². The number of hydrogen-bond acceptors (Lipinski definition) is 6. The number of amides is 1. The largest absolute Gasteiger partial charge is 0.407 e. The number of nitrogens with one attached hydrogen (secondary N) is 3. The van der Waals surface area contributed by atoms with Crippen LogP contribution in [0.15, 0.2) is 47.4 Å². The summed E-state index contributed by atoms with van der Waals surface area (Å²) in [6.45, 7) is 9.17. The van der Waals surface area contributed by atoms with Crippen molar-refractivity contribution in [3.63, 3.8) is 0 Å². The van der Waals surface area contributed by atoms with Crippen molar-refractivity contribution in [2.24, 2.45) is 13.0 Å². The van der Waals surface area contributed by atoms with Gasteiger partial charge in [0.1, 0.15) is 6.04 Å². The highest BCUT2D eigenvalue weighted by Crippen LogP contribution is 2.33. The number of benzene rings is 1. The van der Waals surface area contributed by atoms with Crippen LogP contribution in [0.2, 0.25) is 0 Å². The van der Waals surface area contributed by atoms with Crippen LogP contribution in [0.3, 0.4) is 0 Å². The molecule has 3 N–H and O–H groups in total. The van der Waals surface area contributed by atoms with Crippen molar-refractivity contribution in [3.8, 4) is 0 Å². The highest BCUT2D eigenvalue weighted by Gasteiger charge is 2.43. The van der Waals surface area contributed by atoms with Crippen molar-refractivity contribution in [1.82, 2.24) is 15.2 Å². The molecule has 0 radical (unpaired) electrons. The number of halogens is 3. The zero-order chi connectivity index (χ0) is 28.6. The van der Waals surface area contributed by atoms with Crippen LogP contribution in [0.1, 0.15) is 45.2 Å². The Hall–Kier alpha value is -3.05. The maximum absolute atomic E-state index is 14.1. The maximum atomic E-state index is 14.1. The number of aromatic nitrogens is 1. The van der Waals surface area contributed by atoms with Crippen LogP contribution in [0.5, 0.6) is 0 Å². The third-order valence-electron chi connectivity index (χ3n) is 6.80. The summed E-state index contributed by atoms with van der Waals surface area (Å²) < 4.78 is 48.7. The third kappa shape index (κ3) is 8.99. The molecule has 1 saturated heterocycles. The molecule has 1 aromatic heterocycles. The van der Waals surface area contributed by atoms with Gasteiger partial charge < -0.3 is 24.8 Å². The van der Waals surface area contributed by atoms with Crippen molar-refractivity contribution < 1.29 is 22.7 Å². The lowest BCUT2D eigenvalue weighted by Crippen LogP contribution is -2.52. The zero-order valence-electron chi connectivity index (χ0n) is 23.1. The lowest BCUT2D eigenvalue weighted by Gasteiger charge is -2.30. The van der Waals surface area contributed by atoms with Gasteiger partial charge in [-0.25, -0.2) is 0 Å². The Morgan fingerprint density at radius 2 is 1.74 bits per heavy atom. The third-order valence-corrected chi connectivity index (χ3v) is 6.80. The van der Waals surface area contributed by atoms with Crippen LogP contribution in [0, 0.1) is 5.92 Å². The van der Waals surface area contributed by atoms with E-state index in [0.717, 1.165) is 47.4 Å². The zero-order valence-corrected chi connectivity index (χ0v) is 23.1. The molecule has 1 fully saturated rings. The summed E-state index contributed by atoms with van der Waals surface area (Å²) in [7, 11) is 1.40. The number of anilines is 2. The monoisotopic (exact) mass is 551 g/mol. The minimum absolute atomic E-state index is 0.0227. The molecular weight excluding hydrogens is 511 g/mol. The minimum Gasteiger partial charge on any atom is -0.383 e. The van der Waals surface area contributed by atoms with E-state index < -0.39 is 29.7 Å². The molecule has 1 aromatic carbocycles. The van der Waals surface area contributed by atoms with Gasteiger partial charge in [-0.2, -0.15) is 13.2 Å². The number of carbonyl (C=O) groups excluding carboxylic acids is 1. The van der Waals surface area contributed by atoms with E-state index in [4.69, 9.17) is 4.74 Å². The lowest BCUT2D eigenvalue weighted by atomic mass is 9.99. The second-order valence-electron chi connectivity index (χ2n) is 10.4. The molecule has 216 valence electrons. The van der Waals surface area contributed by atoms with E-state index in [-0.39, 0.29) is 23.9 Å². The molecule has 11 heteroatoms. The molecule has 1 amide bonds. The second-order valence-corrected chi connectivity index (χ2v) is 10.4. The molecule has 0 saturated carbocycles. The van der Waals surface area contributed by atoms with Crippen molar-refractivity contribution in [2.75, 3.05) is 43.1 Å². The smallest absolute Gasteiger partial charge is 0.383 e. The number of rotatable bonds is 12. The average molecular weight is 552 g/mol. The Morgan fingerprint density at radius 3 is 2.31 bits per heavy atom. The van der Waals surface area contributed by atoms with Crippen LogP contribution in [0.25, 0.3) is 0 Å². The van der Waals surface area contributed by atoms with E-state index in [1.54, 1.807) is 0 Å². The van der Waals surface area contributed by atoms with Gasteiger partial charge in [-0.3, -0.25) is 14.9 Å². The number of carbonyl (C=O) groups is 1.